The molecule has 0 aromatic carbocycles. The lowest BCUT2D eigenvalue weighted by Crippen LogP contribution is -2.07. The molecule has 2 nitrogen and oxygen atoms in total. The molecular weight excluding hydrogens is 344 g/mol. The molecule has 0 spiro atoms. The van der Waals surface area contributed by atoms with Gasteiger partial charge in [-0.05, 0) is 39.5 Å². The van der Waals surface area contributed by atoms with Crippen LogP contribution in [0.25, 0.3) is 0 Å². The van der Waals surface area contributed by atoms with E-state index in [1.165, 1.54) is 9.75 Å². The summed E-state index contributed by atoms with van der Waals surface area (Å²) in [5.41, 5.74) is 1.06. The molecule has 0 aliphatic heterocycles. The van der Waals surface area contributed by atoms with Crippen molar-refractivity contribution < 1.29 is 0 Å². The molecule has 0 saturated carbocycles. The Labute approximate surface area is 131 Å². The Morgan fingerprint density at radius 3 is 2.74 bits per heavy atom. The summed E-state index contributed by atoms with van der Waals surface area (Å²) in [5.74, 6) is 0. The van der Waals surface area contributed by atoms with Gasteiger partial charge in [0.05, 0.1) is 5.69 Å². The van der Waals surface area contributed by atoms with Gasteiger partial charge in [-0.15, -0.1) is 11.3 Å². The number of anilines is 1. The first-order valence-corrected chi connectivity index (χ1v) is 7.99. The van der Waals surface area contributed by atoms with Crippen LogP contribution in [0, 0.1) is 0 Å². The Morgan fingerprint density at radius 1 is 1.37 bits per heavy atom. The maximum atomic E-state index is 6.05. The molecule has 0 aliphatic rings. The number of nitrogens with one attached hydrogen (secondary N) is 1. The quantitative estimate of drug-likeness (QED) is 0.735. The average Bonchev–Trinajstić information content (AvgIpc) is 2.79. The van der Waals surface area contributed by atoms with E-state index in [2.05, 4.69) is 59.1 Å². The van der Waals surface area contributed by atoms with Gasteiger partial charge in [-0.2, -0.15) is 0 Å². The molecule has 0 fully saturated rings. The topological polar surface area (TPSA) is 24.9 Å². The third-order valence-corrected chi connectivity index (χ3v) is 4.91. The van der Waals surface area contributed by atoms with E-state index in [-0.39, 0.29) is 5.41 Å². The highest BCUT2D eigenvalue weighted by atomic mass is 79.9. The van der Waals surface area contributed by atoms with Gasteiger partial charge in [0.1, 0.15) is 0 Å². The van der Waals surface area contributed by atoms with Crippen LogP contribution in [-0.2, 0) is 12.0 Å². The summed E-state index contributed by atoms with van der Waals surface area (Å²) in [6, 6.07) is 6.30. The van der Waals surface area contributed by atoms with Crippen molar-refractivity contribution in [3.8, 4) is 0 Å². The molecule has 0 saturated heterocycles. The number of thiophene rings is 1. The monoisotopic (exact) mass is 358 g/mol. The minimum atomic E-state index is 0.206. The first kappa shape index (κ1) is 14.8. The number of hydrogen-bond acceptors (Lipinski definition) is 3. The lowest BCUT2D eigenvalue weighted by atomic mass is 9.95. The van der Waals surface area contributed by atoms with E-state index < -0.39 is 0 Å². The van der Waals surface area contributed by atoms with Gasteiger partial charge >= 0.3 is 0 Å². The summed E-state index contributed by atoms with van der Waals surface area (Å²) in [4.78, 5) is 6.78. The van der Waals surface area contributed by atoms with E-state index in [1.807, 2.05) is 17.4 Å². The molecule has 2 heterocycles. The van der Waals surface area contributed by atoms with Gasteiger partial charge in [0.25, 0.3) is 0 Å². The standard InChI is InChI=1S/C14H16BrClN2S/c1-14(2,3)12-5-4-10(19-12)8-17-11-6-9(15)7-18-13(11)16/h4-7,17H,8H2,1-3H3. The van der Waals surface area contributed by atoms with Crippen molar-refractivity contribution in [1.82, 2.24) is 4.98 Å². The largest absolute Gasteiger partial charge is 0.378 e. The van der Waals surface area contributed by atoms with Crippen molar-refractivity contribution in [2.24, 2.45) is 0 Å². The molecule has 0 atom stereocenters. The summed E-state index contributed by atoms with van der Waals surface area (Å²) >= 11 is 11.3. The number of halogens is 2. The Balaban J connectivity index is 2.06. The predicted octanol–water partition coefficient (Wildman–Crippen LogP) is 5.47. The number of rotatable bonds is 3. The fourth-order valence-corrected chi connectivity index (χ4v) is 3.11. The highest BCUT2D eigenvalue weighted by Gasteiger charge is 2.16. The third kappa shape index (κ3) is 3.94. The third-order valence-electron chi connectivity index (χ3n) is 2.66. The summed E-state index contributed by atoms with van der Waals surface area (Å²) in [5, 5.41) is 3.82. The van der Waals surface area contributed by atoms with Gasteiger partial charge in [-0.1, -0.05) is 32.4 Å². The van der Waals surface area contributed by atoms with Crippen molar-refractivity contribution >= 4 is 44.6 Å². The fourth-order valence-electron chi connectivity index (χ4n) is 1.60. The number of aromatic nitrogens is 1. The highest BCUT2D eigenvalue weighted by molar-refractivity contribution is 9.10. The molecule has 19 heavy (non-hydrogen) atoms. The van der Waals surface area contributed by atoms with Crippen LogP contribution in [0.1, 0.15) is 30.5 Å². The Hall–Kier alpha value is -0.580. The molecule has 2 aromatic heterocycles. The van der Waals surface area contributed by atoms with Gasteiger partial charge in [-0.25, -0.2) is 4.98 Å². The molecule has 0 unspecified atom stereocenters. The van der Waals surface area contributed by atoms with Crippen LogP contribution < -0.4 is 5.32 Å². The van der Waals surface area contributed by atoms with Crippen LogP contribution >= 0.6 is 38.9 Å². The van der Waals surface area contributed by atoms with Crippen LogP contribution in [0.5, 0.6) is 0 Å². The van der Waals surface area contributed by atoms with Crippen molar-refractivity contribution in [3.05, 3.63) is 43.8 Å². The predicted molar refractivity (Wildman–Crippen MR) is 87.3 cm³/mol. The van der Waals surface area contributed by atoms with E-state index in [9.17, 15) is 0 Å². The Kier molecular flexibility index (Phi) is 4.54. The summed E-state index contributed by atoms with van der Waals surface area (Å²) in [6.45, 7) is 7.44. The maximum Gasteiger partial charge on any atom is 0.152 e. The van der Waals surface area contributed by atoms with Gasteiger partial charge in [0, 0.05) is 27.0 Å². The molecule has 1 N–H and O–H groups in total. The Morgan fingerprint density at radius 2 is 2.11 bits per heavy atom. The van der Waals surface area contributed by atoms with Crippen LogP contribution in [0.3, 0.4) is 0 Å². The second-order valence-corrected chi connectivity index (χ2v) is 7.80. The summed E-state index contributed by atoms with van der Waals surface area (Å²) in [7, 11) is 0. The molecule has 2 aromatic rings. The van der Waals surface area contributed by atoms with Crippen molar-refractivity contribution in [2.75, 3.05) is 5.32 Å². The number of pyridine rings is 1. The normalized spacial score (nSPS) is 11.6. The lowest BCUT2D eigenvalue weighted by Gasteiger charge is -2.15. The van der Waals surface area contributed by atoms with E-state index in [0.29, 0.717) is 5.15 Å². The minimum absolute atomic E-state index is 0.206. The zero-order valence-corrected chi connectivity index (χ0v) is 14.3. The molecule has 0 aliphatic carbocycles. The maximum absolute atomic E-state index is 6.05. The molecule has 5 heteroatoms. The van der Waals surface area contributed by atoms with Gasteiger partial charge in [0.15, 0.2) is 5.15 Å². The second kappa shape index (κ2) is 5.81. The van der Waals surface area contributed by atoms with Gasteiger partial charge in [0.2, 0.25) is 0 Å². The van der Waals surface area contributed by atoms with Crippen LogP contribution in [0.4, 0.5) is 5.69 Å². The van der Waals surface area contributed by atoms with Crippen molar-refractivity contribution in [3.63, 3.8) is 0 Å². The summed E-state index contributed by atoms with van der Waals surface area (Å²) in [6.07, 6.45) is 1.69. The summed E-state index contributed by atoms with van der Waals surface area (Å²) < 4.78 is 0.918. The van der Waals surface area contributed by atoms with Crippen LogP contribution in [0.15, 0.2) is 28.9 Å². The Bertz CT molecular complexity index is 575. The molecular formula is C14H16BrClN2S. The smallest absolute Gasteiger partial charge is 0.152 e. The van der Waals surface area contributed by atoms with Crippen molar-refractivity contribution in [2.45, 2.75) is 32.7 Å². The molecule has 0 amide bonds. The van der Waals surface area contributed by atoms with E-state index >= 15 is 0 Å². The average molecular weight is 360 g/mol. The van der Waals surface area contributed by atoms with E-state index in [4.69, 9.17) is 11.6 Å². The number of nitrogens with zero attached hydrogens (tertiary/aromatic N) is 1. The second-order valence-electron chi connectivity index (χ2n) is 5.36. The fraction of sp³-hybridized carbons (Fsp3) is 0.357. The molecule has 2 rings (SSSR count). The SMILES string of the molecule is CC(C)(C)c1ccc(CNc2cc(Br)cnc2Cl)s1. The van der Waals surface area contributed by atoms with E-state index in [0.717, 1.165) is 16.7 Å². The lowest BCUT2D eigenvalue weighted by molar-refractivity contribution is 0.604. The molecule has 0 bridgehead atoms. The zero-order chi connectivity index (χ0) is 14.0. The zero-order valence-electron chi connectivity index (χ0n) is 11.1. The van der Waals surface area contributed by atoms with Gasteiger partial charge < -0.3 is 5.32 Å². The first-order chi connectivity index (χ1) is 8.86. The highest BCUT2D eigenvalue weighted by Crippen LogP contribution is 2.30. The molecule has 102 valence electrons. The minimum Gasteiger partial charge on any atom is -0.378 e. The van der Waals surface area contributed by atoms with Crippen LogP contribution in [0.2, 0.25) is 5.15 Å². The number of hydrogen-bond donors (Lipinski definition) is 1. The van der Waals surface area contributed by atoms with Crippen molar-refractivity contribution in [1.29, 1.82) is 0 Å². The van der Waals surface area contributed by atoms with Gasteiger partial charge in [-0.3, -0.25) is 0 Å². The first-order valence-electron chi connectivity index (χ1n) is 6.00. The molecule has 0 radical (unpaired) electrons. The van der Waals surface area contributed by atoms with Crippen LogP contribution in [-0.4, -0.2) is 4.98 Å². The van der Waals surface area contributed by atoms with E-state index in [1.54, 1.807) is 6.20 Å².